The van der Waals surface area contributed by atoms with Crippen LogP contribution in [0.4, 0.5) is 0 Å². The quantitative estimate of drug-likeness (QED) is 0.101. The van der Waals surface area contributed by atoms with Gasteiger partial charge in [-0.05, 0) is 149 Å². The van der Waals surface area contributed by atoms with E-state index in [4.69, 9.17) is 9.68 Å². The van der Waals surface area contributed by atoms with E-state index in [2.05, 4.69) is 77.0 Å². The molecule has 0 atom stereocenters. The van der Waals surface area contributed by atoms with Gasteiger partial charge in [0.15, 0.2) is 5.41 Å². The van der Waals surface area contributed by atoms with E-state index in [1.807, 2.05) is 107 Å². The van der Waals surface area contributed by atoms with Gasteiger partial charge in [-0.2, -0.15) is 0 Å². The van der Waals surface area contributed by atoms with E-state index in [1.54, 1.807) is 0 Å². The highest BCUT2D eigenvalue weighted by atomic mass is 16.7. The average Bonchev–Trinajstić information content (AvgIpc) is 3.02. The molecule has 2 aliphatic rings. The second-order valence-corrected chi connectivity index (χ2v) is 25.5. The molecule has 0 unspecified atom stereocenters. The summed E-state index contributed by atoms with van der Waals surface area (Å²) >= 11 is 0. The van der Waals surface area contributed by atoms with Gasteiger partial charge in [0.25, 0.3) is 0 Å². The fraction of sp³-hybridized carbons (Fsp3) is 0.725. The summed E-state index contributed by atoms with van der Waals surface area (Å²) in [7, 11) is 0. The normalized spacial score (nSPS) is 20.0. The number of phenols is 2. The van der Waals surface area contributed by atoms with Crippen molar-refractivity contribution in [2.75, 3.05) is 0 Å². The summed E-state index contributed by atoms with van der Waals surface area (Å²) in [6, 6.07) is 7.32. The van der Waals surface area contributed by atoms with Gasteiger partial charge in [-0.25, -0.2) is 9.59 Å². The number of carbonyl (C=O) groups excluding carboxylic acids is 2. The molecule has 0 spiro atoms. The standard InChI is InChI=1S/C51H84N4O6/c1-43(2,3)35-21-31(22-36(39(35)56)44(4,5)6)25-51(41(58)60-52-33-27-47(13,14)54-48(15,16)28-33,42(59)61-53-34-29-49(17,18)55-50(19,20)30-34)26-32-23-37(45(7,8)9)40(57)38(24-32)46(10,11)12/h21-24,33-34,52-57H,25-30H2,1-20H3. The van der Waals surface area contributed by atoms with Crippen LogP contribution in [0.2, 0.25) is 0 Å². The molecule has 2 heterocycles. The molecule has 0 bridgehead atoms. The lowest BCUT2D eigenvalue weighted by molar-refractivity contribution is -0.185. The van der Waals surface area contributed by atoms with Crippen molar-refractivity contribution in [3.63, 3.8) is 0 Å². The van der Waals surface area contributed by atoms with Crippen LogP contribution < -0.4 is 21.6 Å². The van der Waals surface area contributed by atoms with Gasteiger partial charge in [-0.15, -0.1) is 11.0 Å². The summed E-state index contributed by atoms with van der Waals surface area (Å²) in [5.41, 5.74) is 5.83. The minimum absolute atomic E-state index is 0.0799. The van der Waals surface area contributed by atoms with Gasteiger partial charge in [0.05, 0.1) is 0 Å². The Morgan fingerprint density at radius 1 is 0.525 bits per heavy atom. The third-order valence-corrected chi connectivity index (χ3v) is 12.4. The number of carbonyl (C=O) groups is 2. The summed E-state index contributed by atoms with van der Waals surface area (Å²) in [6.07, 6.45) is 2.59. The molecular weight excluding hydrogens is 765 g/mol. The summed E-state index contributed by atoms with van der Waals surface area (Å²) in [5.74, 6) is -1.11. The number of nitrogens with one attached hydrogen (secondary N) is 4. The summed E-state index contributed by atoms with van der Waals surface area (Å²) < 4.78 is 0. The monoisotopic (exact) mass is 849 g/mol. The maximum Gasteiger partial charge on any atom is 0.342 e. The van der Waals surface area contributed by atoms with E-state index in [-0.39, 0.29) is 58.6 Å². The molecule has 0 saturated carbocycles. The maximum atomic E-state index is 15.5. The van der Waals surface area contributed by atoms with Crippen LogP contribution in [0.25, 0.3) is 0 Å². The molecule has 2 saturated heterocycles. The number of piperidine rings is 2. The van der Waals surface area contributed by atoms with Crippen LogP contribution in [-0.4, -0.2) is 56.4 Å². The molecule has 6 N–H and O–H groups in total. The Labute approximate surface area is 369 Å². The molecule has 10 nitrogen and oxygen atoms in total. The van der Waals surface area contributed by atoms with Crippen LogP contribution in [0.15, 0.2) is 24.3 Å². The zero-order valence-electron chi connectivity index (χ0n) is 41.7. The van der Waals surface area contributed by atoms with Gasteiger partial charge in [-0.1, -0.05) is 107 Å². The number of phenolic OH excluding ortho intramolecular Hbond substituents is 2. The fourth-order valence-electron chi connectivity index (χ4n) is 10.3. The van der Waals surface area contributed by atoms with Gasteiger partial charge in [-0.3, -0.25) is 0 Å². The predicted molar refractivity (Wildman–Crippen MR) is 248 cm³/mol. The Kier molecular flexibility index (Phi) is 13.9. The van der Waals surface area contributed by atoms with Crippen molar-refractivity contribution in [1.29, 1.82) is 0 Å². The van der Waals surface area contributed by atoms with E-state index in [1.165, 1.54) is 0 Å². The second kappa shape index (κ2) is 16.7. The minimum Gasteiger partial charge on any atom is -0.507 e. The topological polar surface area (TPSA) is 141 Å². The van der Waals surface area contributed by atoms with Gasteiger partial charge in [0.2, 0.25) is 0 Å². The summed E-state index contributed by atoms with van der Waals surface area (Å²) in [6.45, 7) is 41.6. The largest absolute Gasteiger partial charge is 0.507 e. The first-order valence-electron chi connectivity index (χ1n) is 22.5. The highest BCUT2D eigenvalue weighted by Gasteiger charge is 2.52. The predicted octanol–water partition coefficient (Wildman–Crippen LogP) is 9.77. The molecule has 0 radical (unpaired) electrons. The molecule has 10 heteroatoms. The molecule has 0 aromatic heterocycles. The molecule has 4 rings (SSSR count). The highest BCUT2D eigenvalue weighted by molar-refractivity contribution is 6.00. The first-order valence-corrected chi connectivity index (χ1v) is 22.5. The first kappa shape index (κ1) is 50.5. The van der Waals surface area contributed by atoms with E-state index in [9.17, 15) is 10.2 Å². The Balaban J connectivity index is 2.00. The van der Waals surface area contributed by atoms with E-state index in [0.717, 1.165) is 22.3 Å². The maximum absolute atomic E-state index is 15.5. The summed E-state index contributed by atoms with van der Waals surface area (Å²) in [4.78, 5) is 43.4. The molecule has 344 valence electrons. The highest BCUT2D eigenvalue weighted by Crippen LogP contribution is 2.45. The van der Waals surface area contributed by atoms with E-state index < -0.39 is 39.0 Å². The number of aromatic hydroxyl groups is 2. The van der Waals surface area contributed by atoms with Crippen molar-refractivity contribution in [2.45, 2.75) is 233 Å². The number of rotatable bonds is 10. The van der Waals surface area contributed by atoms with Crippen LogP contribution in [-0.2, 0) is 53.8 Å². The number of hydrogen-bond acceptors (Lipinski definition) is 10. The van der Waals surface area contributed by atoms with Crippen LogP contribution in [0.5, 0.6) is 11.5 Å². The Bertz CT molecular complexity index is 1690. The van der Waals surface area contributed by atoms with Gasteiger partial charge < -0.3 is 30.5 Å². The zero-order chi connectivity index (χ0) is 46.7. The molecule has 2 aromatic rings. The fourth-order valence-corrected chi connectivity index (χ4v) is 10.3. The van der Waals surface area contributed by atoms with Crippen LogP contribution in [0, 0.1) is 5.41 Å². The lowest BCUT2D eigenvalue weighted by atomic mass is 9.71. The average molecular weight is 849 g/mol. The van der Waals surface area contributed by atoms with Crippen molar-refractivity contribution in [3.8, 4) is 11.5 Å². The second-order valence-electron chi connectivity index (χ2n) is 25.5. The Morgan fingerprint density at radius 2 is 0.754 bits per heavy atom. The van der Waals surface area contributed by atoms with Crippen LogP contribution in [0.1, 0.15) is 198 Å². The SMILES string of the molecule is CC1(C)CC(NOC(=O)C(Cc2cc(C(C)(C)C)c(O)c(C(C)(C)C)c2)(Cc2cc(C(C)(C)C)c(O)c(C(C)(C)C)c2)C(=O)ONC2CC(C)(C)NC(C)(C)C2)CC(C)(C)N1. The Hall–Kier alpha value is -3.18. The van der Waals surface area contributed by atoms with Gasteiger partial charge in [0.1, 0.15) is 11.5 Å². The van der Waals surface area contributed by atoms with Crippen LogP contribution in [0.3, 0.4) is 0 Å². The van der Waals surface area contributed by atoms with E-state index in [0.29, 0.717) is 36.8 Å². The molecule has 2 aromatic carbocycles. The van der Waals surface area contributed by atoms with Crippen molar-refractivity contribution < 1.29 is 29.5 Å². The van der Waals surface area contributed by atoms with Crippen molar-refractivity contribution in [3.05, 3.63) is 57.6 Å². The number of hydroxylamine groups is 2. The smallest absolute Gasteiger partial charge is 0.342 e. The third kappa shape index (κ3) is 12.5. The Morgan fingerprint density at radius 3 is 0.967 bits per heavy atom. The lowest BCUT2D eigenvalue weighted by Gasteiger charge is -2.46. The number of benzene rings is 2. The van der Waals surface area contributed by atoms with Crippen LogP contribution >= 0.6 is 0 Å². The number of hydrogen-bond donors (Lipinski definition) is 6. The molecule has 0 aliphatic carbocycles. The molecular formula is C51H84N4O6. The van der Waals surface area contributed by atoms with Gasteiger partial charge >= 0.3 is 11.9 Å². The summed E-state index contributed by atoms with van der Waals surface area (Å²) in [5, 5.41) is 30.9. The molecule has 61 heavy (non-hydrogen) atoms. The van der Waals surface area contributed by atoms with Crippen molar-refractivity contribution in [2.24, 2.45) is 5.41 Å². The molecule has 2 fully saturated rings. The van der Waals surface area contributed by atoms with E-state index >= 15 is 9.59 Å². The zero-order valence-corrected chi connectivity index (χ0v) is 41.7. The minimum atomic E-state index is -1.93. The van der Waals surface area contributed by atoms with Crippen molar-refractivity contribution in [1.82, 2.24) is 21.6 Å². The molecule has 2 aliphatic heterocycles. The first-order chi connectivity index (χ1) is 27.3. The van der Waals surface area contributed by atoms with Crippen molar-refractivity contribution >= 4 is 11.9 Å². The van der Waals surface area contributed by atoms with Gasteiger partial charge in [0, 0.05) is 34.2 Å². The molecule has 0 amide bonds. The third-order valence-electron chi connectivity index (χ3n) is 12.4. The lowest BCUT2D eigenvalue weighted by Crippen LogP contribution is -2.62.